The zero-order valence-electron chi connectivity index (χ0n) is 29.2. The summed E-state index contributed by atoms with van der Waals surface area (Å²) in [7, 11) is 0. The van der Waals surface area contributed by atoms with Crippen molar-refractivity contribution in [2.75, 3.05) is 12.4 Å². The SMILES string of the molecule is CC1=C(COC(=O)CCCC[C@H]2SC[C@H]3NC(=O)N[C@H]32)C(=O)O[C@@H]([C@@H](C)C2CCC3[C@@H]4C[C@H]5O[C@]56[C@@H](O)C=CC(=O)[C@]6(C)[C@H]4CC[C@]23C)C1. The number of epoxide rings is 1. The van der Waals surface area contributed by atoms with E-state index in [0.29, 0.717) is 47.8 Å². The number of hydrogen-bond donors (Lipinski definition) is 3. The summed E-state index contributed by atoms with van der Waals surface area (Å²) in [6.07, 6.45) is 10.7. The van der Waals surface area contributed by atoms with Crippen LogP contribution in [0.4, 0.5) is 4.79 Å². The van der Waals surface area contributed by atoms with Crippen LogP contribution in [-0.4, -0.2) is 82.5 Å². The number of aliphatic hydroxyl groups is 1. The van der Waals surface area contributed by atoms with E-state index < -0.39 is 17.1 Å². The molecule has 268 valence electrons. The number of ketones is 1. The first-order chi connectivity index (χ1) is 23.4. The van der Waals surface area contributed by atoms with Gasteiger partial charge in [0.25, 0.3) is 0 Å². The minimum Gasteiger partial charge on any atom is -0.461 e. The maximum absolute atomic E-state index is 13.5. The summed E-state index contributed by atoms with van der Waals surface area (Å²) < 4.78 is 18.0. The second kappa shape index (κ2) is 12.1. The normalized spacial score (nSPS) is 46.8. The van der Waals surface area contributed by atoms with Crippen molar-refractivity contribution in [2.45, 2.75) is 133 Å². The van der Waals surface area contributed by atoms with Crippen molar-refractivity contribution in [1.29, 1.82) is 0 Å². The summed E-state index contributed by atoms with van der Waals surface area (Å²) in [5.74, 6) is 1.96. The summed E-state index contributed by atoms with van der Waals surface area (Å²) >= 11 is 1.87. The van der Waals surface area contributed by atoms with Gasteiger partial charge in [0.1, 0.15) is 24.4 Å². The average Bonchev–Trinajstić information content (AvgIpc) is 3.28. The molecule has 11 heteroatoms. The average molecular weight is 697 g/mol. The lowest BCUT2D eigenvalue weighted by molar-refractivity contribution is -0.156. The molecule has 49 heavy (non-hydrogen) atoms. The number of esters is 2. The molecular weight excluding hydrogens is 644 g/mol. The Morgan fingerprint density at radius 2 is 1.96 bits per heavy atom. The number of hydrogen-bond acceptors (Lipinski definition) is 9. The first kappa shape index (κ1) is 33.8. The molecule has 14 atom stereocenters. The number of ether oxygens (including phenoxy) is 3. The molecule has 4 aliphatic carbocycles. The van der Waals surface area contributed by atoms with Gasteiger partial charge in [-0.05, 0) is 106 Å². The van der Waals surface area contributed by atoms with Gasteiger partial charge in [-0.2, -0.15) is 11.8 Å². The number of carbonyl (C=O) groups excluding carboxylic acids is 4. The Kier molecular flexibility index (Phi) is 8.34. The largest absolute Gasteiger partial charge is 0.461 e. The van der Waals surface area contributed by atoms with E-state index in [2.05, 4.69) is 31.4 Å². The van der Waals surface area contributed by atoms with Gasteiger partial charge in [-0.25, -0.2) is 9.59 Å². The van der Waals surface area contributed by atoms with Crippen LogP contribution in [0.5, 0.6) is 0 Å². The van der Waals surface area contributed by atoms with Crippen molar-refractivity contribution in [3.63, 3.8) is 0 Å². The van der Waals surface area contributed by atoms with E-state index in [1.165, 1.54) is 0 Å². The minimum absolute atomic E-state index is 0.0527. The second-order valence-electron chi connectivity index (χ2n) is 16.9. The number of allylic oxidation sites excluding steroid dienone is 1. The molecule has 4 aliphatic heterocycles. The summed E-state index contributed by atoms with van der Waals surface area (Å²) in [6, 6.07) is 0.285. The third-order valence-electron chi connectivity index (χ3n) is 14.9. The fraction of sp³-hybridized carbons (Fsp3) is 0.789. The van der Waals surface area contributed by atoms with Crippen molar-refractivity contribution >= 4 is 35.5 Å². The smallest absolute Gasteiger partial charge is 0.337 e. The lowest BCUT2D eigenvalue weighted by atomic mass is 9.44. The van der Waals surface area contributed by atoms with Crippen molar-refractivity contribution < 1.29 is 38.5 Å². The number of cyclic esters (lactones) is 1. The predicted octanol–water partition coefficient (Wildman–Crippen LogP) is 4.63. The molecule has 10 nitrogen and oxygen atoms in total. The van der Waals surface area contributed by atoms with Crippen LogP contribution in [0.25, 0.3) is 0 Å². The van der Waals surface area contributed by atoms with E-state index in [4.69, 9.17) is 14.2 Å². The third-order valence-corrected chi connectivity index (χ3v) is 16.4. The molecule has 0 aromatic heterocycles. The lowest BCUT2D eigenvalue weighted by Crippen LogP contribution is -2.63. The summed E-state index contributed by atoms with van der Waals surface area (Å²) in [4.78, 5) is 51.0. The Hall–Kier alpha value is -2.37. The van der Waals surface area contributed by atoms with E-state index in [-0.39, 0.29) is 71.9 Å². The molecule has 6 fully saturated rings. The van der Waals surface area contributed by atoms with E-state index in [9.17, 15) is 24.3 Å². The van der Waals surface area contributed by atoms with E-state index in [1.807, 2.05) is 18.7 Å². The highest BCUT2D eigenvalue weighted by atomic mass is 32.2. The third kappa shape index (κ3) is 5.09. The molecule has 0 aromatic rings. The van der Waals surface area contributed by atoms with Gasteiger partial charge in [0, 0.05) is 23.8 Å². The molecule has 3 saturated carbocycles. The number of unbranched alkanes of at least 4 members (excludes halogenated alkanes) is 1. The first-order valence-corrected chi connectivity index (χ1v) is 19.8. The van der Waals surface area contributed by atoms with Crippen LogP contribution in [0.15, 0.2) is 23.3 Å². The topological polar surface area (TPSA) is 144 Å². The Balaban J connectivity index is 0.848. The fourth-order valence-electron chi connectivity index (χ4n) is 12.2. The number of nitrogens with one attached hydrogen (secondary N) is 2. The fourth-order valence-corrected chi connectivity index (χ4v) is 13.7. The molecule has 8 aliphatic rings. The zero-order valence-corrected chi connectivity index (χ0v) is 30.0. The van der Waals surface area contributed by atoms with E-state index in [0.717, 1.165) is 56.3 Å². The Bertz CT molecular complexity index is 1500. The van der Waals surface area contributed by atoms with Gasteiger partial charge in [0.2, 0.25) is 0 Å². The van der Waals surface area contributed by atoms with Crippen molar-refractivity contribution in [3.8, 4) is 0 Å². The highest BCUT2D eigenvalue weighted by Gasteiger charge is 2.80. The highest BCUT2D eigenvalue weighted by molar-refractivity contribution is 8.00. The monoisotopic (exact) mass is 696 g/mol. The van der Waals surface area contributed by atoms with Gasteiger partial charge in [0.05, 0.1) is 29.2 Å². The van der Waals surface area contributed by atoms with Gasteiger partial charge in [-0.3, -0.25) is 9.59 Å². The lowest BCUT2D eigenvalue weighted by Gasteiger charge is -2.58. The number of aliphatic hydroxyl groups excluding tert-OH is 1. The number of thioether (sulfide) groups is 1. The van der Waals surface area contributed by atoms with E-state index >= 15 is 0 Å². The highest BCUT2D eigenvalue weighted by Crippen LogP contribution is 2.73. The number of rotatable bonds is 9. The zero-order chi connectivity index (χ0) is 34.5. The molecule has 0 aromatic carbocycles. The molecule has 3 saturated heterocycles. The van der Waals surface area contributed by atoms with Crippen LogP contribution < -0.4 is 10.6 Å². The van der Waals surface area contributed by atoms with Crippen molar-refractivity contribution in [3.05, 3.63) is 23.3 Å². The molecule has 3 N–H and O–H groups in total. The molecule has 8 rings (SSSR count). The van der Waals surface area contributed by atoms with Gasteiger partial charge >= 0.3 is 18.0 Å². The van der Waals surface area contributed by atoms with Crippen LogP contribution in [-0.2, 0) is 28.6 Å². The first-order valence-electron chi connectivity index (χ1n) is 18.7. The molecular formula is C38H52N2O8S. The molecule has 0 radical (unpaired) electrons. The number of fused-ring (bicyclic) bond motifs is 5. The van der Waals surface area contributed by atoms with Gasteiger partial charge in [0.15, 0.2) is 5.78 Å². The van der Waals surface area contributed by atoms with Gasteiger partial charge in [-0.15, -0.1) is 0 Å². The standard InChI is InChI=1S/C38H52N2O8S/c1-19-15-27(47-34(44)22(19)17-46-32(43)8-6-5-7-28-33-26(18-49-28)39-35(45)40-33)20(2)23-9-10-24-21-16-31-38(48-31)30(42)12-11-29(41)37(38,4)25(21)13-14-36(23,24)3/h11-12,20-21,23-28,30-31,33,42H,5-10,13-18H2,1-4H3,(H2,39,40,45)/t20-,21-,23?,24?,25-,26+,27+,28+,30-,31+,33+,36+,37-,38+/m0/s1. The van der Waals surface area contributed by atoms with Crippen LogP contribution in [0, 0.1) is 40.4 Å². The van der Waals surface area contributed by atoms with Crippen LogP contribution >= 0.6 is 11.8 Å². The Morgan fingerprint density at radius 1 is 1.14 bits per heavy atom. The van der Waals surface area contributed by atoms with Crippen LogP contribution in [0.3, 0.4) is 0 Å². The molecule has 2 amide bonds. The molecule has 0 bridgehead atoms. The number of amides is 2. The maximum atomic E-state index is 13.5. The van der Waals surface area contributed by atoms with Crippen molar-refractivity contribution in [2.24, 2.45) is 40.4 Å². The maximum Gasteiger partial charge on any atom is 0.337 e. The molecule has 1 spiro atoms. The summed E-state index contributed by atoms with van der Waals surface area (Å²) in [5.41, 5.74) is 0.0414. The molecule has 4 heterocycles. The van der Waals surface area contributed by atoms with Crippen LogP contribution in [0.2, 0.25) is 0 Å². The summed E-state index contributed by atoms with van der Waals surface area (Å²) in [6.45, 7) is 8.64. The molecule has 2 unspecified atom stereocenters. The minimum atomic E-state index is -0.752. The number of carbonyl (C=O) groups is 4. The number of urea groups is 1. The van der Waals surface area contributed by atoms with Crippen molar-refractivity contribution in [1.82, 2.24) is 10.6 Å². The van der Waals surface area contributed by atoms with Crippen LogP contribution in [0.1, 0.15) is 91.9 Å². The summed E-state index contributed by atoms with van der Waals surface area (Å²) in [5, 5.41) is 17.3. The Morgan fingerprint density at radius 3 is 2.76 bits per heavy atom. The second-order valence-corrected chi connectivity index (χ2v) is 18.2. The van der Waals surface area contributed by atoms with E-state index in [1.54, 1.807) is 12.2 Å². The quantitative estimate of drug-likeness (QED) is 0.136. The Labute approximate surface area is 293 Å². The van der Waals surface area contributed by atoms with Gasteiger partial charge < -0.3 is 30.0 Å². The predicted molar refractivity (Wildman–Crippen MR) is 182 cm³/mol. The van der Waals surface area contributed by atoms with Gasteiger partial charge in [-0.1, -0.05) is 25.8 Å².